The van der Waals surface area contributed by atoms with Crippen LogP contribution in [-0.4, -0.2) is 44.6 Å². The average molecular weight is 623 g/mol. The molecule has 0 saturated carbocycles. The van der Waals surface area contributed by atoms with Crippen molar-refractivity contribution in [1.29, 1.82) is 0 Å². The first-order valence-electron chi connectivity index (χ1n) is 12.5. The number of para-hydroxylation sites is 2. The van der Waals surface area contributed by atoms with E-state index in [4.69, 9.17) is 22.3 Å². The molecule has 3 aromatic carbocycles. The van der Waals surface area contributed by atoms with Gasteiger partial charge < -0.3 is 0 Å². The summed E-state index contributed by atoms with van der Waals surface area (Å²) >= 11 is 5.51. The summed E-state index contributed by atoms with van der Waals surface area (Å²) in [5, 5.41) is 0.366. The fourth-order valence-corrected chi connectivity index (χ4v) is 6.99. The number of pyridine rings is 1. The minimum atomic E-state index is -4.30. The maximum atomic E-state index is 14.3. The van der Waals surface area contributed by atoms with Gasteiger partial charge in [0.15, 0.2) is 6.54 Å². The topological polar surface area (TPSA) is 110 Å². The van der Waals surface area contributed by atoms with Crippen LogP contribution in [0.15, 0.2) is 77.7 Å². The number of carbonyl (C=O) groups excluding carboxylic acids is 2. The Hall–Kier alpha value is -3.05. The Kier molecular flexibility index (Phi) is 9.14. The van der Waals surface area contributed by atoms with Crippen molar-refractivity contribution in [2.24, 2.45) is 0 Å². The third-order valence-corrected chi connectivity index (χ3v) is 9.71. The second kappa shape index (κ2) is 12.2. The van der Waals surface area contributed by atoms with Crippen molar-refractivity contribution in [2.75, 3.05) is 12.3 Å². The number of aryl methyl sites for hydroxylation is 2. The molecule has 0 atom stereocenters. The van der Waals surface area contributed by atoms with Gasteiger partial charge in [-0.05, 0) is 49.2 Å². The predicted octanol–water partition coefficient (Wildman–Crippen LogP) is 4.92. The molecule has 0 aliphatic heterocycles. The van der Waals surface area contributed by atoms with Crippen molar-refractivity contribution in [2.45, 2.75) is 37.6 Å². The van der Waals surface area contributed by atoms with E-state index in [1.807, 2.05) is 11.5 Å². The molecule has 8 nitrogen and oxygen atoms in total. The second-order valence-electron chi connectivity index (χ2n) is 9.31. The zero-order valence-corrected chi connectivity index (χ0v) is 24.7. The van der Waals surface area contributed by atoms with Crippen molar-refractivity contribution < 1.29 is 31.0 Å². The molecule has 0 aliphatic rings. The molecule has 0 N–H and O–H groups in total. The third kappa shape index (κ3) is 6.63. The highest BCUT2D eigenvalue weighted by Crippen LogP contribution is 2.29. The fraction of sp³-hybridized carbons (Fsp3) is 0.250. The molecule has 1 aromatic heterocycles. The molecule has 0 aliphatic carbocycles. The van der Waals surface area contributed by atoms with Gasteiger partial charge in [0.25, 0.3) is 15.9 Å². The lowest BCUT2D eigenvalue weighted by Crippen LogP contribution is -2.40. The Bertz CT molecular complexity index is 1750. The summed E-state index contributed by atoms with van der Waals surface area (Å²) in [4.78, 5) is 25.7. The first kappa shape index (κ1) is 29.9. The molecule has 0 saturated heterocycles. The number of amides is 1. The Morgan fingerprint density at radius 3 is 1.90 bits per heavy atom. The molecule has 4 rings (SSSR count). The fourth-order valence-electron chi connectivity index (χ4n) is 4.64. The second-order valence-corrected chi connectivity index (χ2v) is 14.5. The molecule has 12 heteroatoms. The molecular weight excluding hydrogens is 595 g/mol. The van der Waals surface area contributed by atoms with E-state index in [2.05, 4.69) is 0 Å². The lowest BCUT2D eigenvalue weighted by atomic mass is 10.0. The Morgan fingerprint density at radius 2 is 1.38 bits per heavy atom. The van der Waals surface area contributed by atoms with Crippen LogP contribution in [0.5, 0.6) is 0 Å². The molecule has 40 heavy (non-hydrogen) atoms. The zero-order valence-electron chi connectivity index (χ0n) is 21.6. The number of rotatable bonds is 11. The number of fused-ring (bicyclic) bond motifs is 2. The first-order chi connectivity index (χ1) is 18.9. The van der Waals surface area contributed by atoms with Crippen LogP contribution in [0.2, 0.25) is 0 Å². The standard InChI is InChI=1S/C28H27Cl2N2O6S2/c1-20-13-15-21(16-14-20)40(37,38)32(18-6-12-26(29)33)28(34)27-22-8-2-4-10-24(22)31(17-7-19-39(30,35)36)25-11-5-3-9-23(25)27/h2-5,8-11,13-16H,6-7,12,17-19H2,1H3/q+1. The number of hydrogen-bond acceptors (Lipinski definition) is 6. The number of aromatic nitrogens is 1. The van der Waals surface area contributed by atoms with Gasteiger partial charge in [0.05, 0.1) is 27.0 Å². The van der Waals surface area contributed by atoms with Gasteiger partial charge in [0.1, 0.15) is 0 Å². The highest BCUT2D eigenvalue weighted by atomic mass is 35.7. The van der Waals surface area contributed by atoms with Crippen LogP contribution in [0.25, 0.3) is 21.8 Å². The average Bonchev–Trinajstić information content (AvgIpc) is 2.90. The van der Waals surface area contributed by atoms with Gasteiger partial charge in [0, 0.05) is 42.2 Å². The summed E-state index contributed by atoms with van der Waals surface area (Å²) in [6, 6.07) is 20.3. The smallest absolute Gasteiger partial charge is 0.269 e. The summed E-state index contributed by atoms with van der Waals surface area (Å²) in [7, 11) is -2.57. The van der Waals surface area contributed by atoms with E-state index >= 15 is 0 Å². The summed E-state index contributed by atoms with van der Waals surface area (Å²) < 4.78 is 53.4. The lowest BCUT2D eigenvalue weighted by molar-refractivity contribution is -0.645. The van der Waals surface area contributed by atoms with Crippen LogP contribution >= 0.6 is 22.3 Å². The van der Waals surface area contributed by atoms with Gasteiger partial charge in [-0.25, -0.2) is 21.1 Å². The van der Waals surface area contributed by atoms with Gasteiger partial charge >= 0.3 is 0 Å². The van der Waals surface area contributed by atoms with Gasteiger partial charge in [-0.3, -0.25) is 9.59 Å². The van der Waals surface area contributed by atoms with Crippen molar-refractivity contribution >= 4 is 74.3 Å². The molecular formula is C28H27Cl2N2O6S2+. The van der Waals surface area contributed by atoms with Gasteiger partial charge in [-0.2, -0.15) is 4.57 Å². The minimum absolute atomic E-state index is 0.0504. The lowest BCUT2D eigenvalue weighted by Gasteiger charge is -2.24. The summed E-state index contributed by atoms with van der Waals surface area (Å²) in [6.07, 6.45) is 0.182. The summed E-state index contributed by atoms with van der Waals surface area (Å²) in [6.45, 7) is 1.87. The van der Waals surface area contributed by atoms with Crippen LogP contribution in [0.1, 0.15) is 35.2 Å². The van der Waals surface area contributed by atoms with E-state index in [0.717, 1.165) is 9.87 Å². The van der Waals surface area contributed by atoms with Crippen LogP contribution < -0.4 is 4.57 Å². The maximum Gasteiger partial charge on any atom is 0.269 e. The van der Waals surface area contributed by atoms with Gasteiger partial charge in [-0.1, -0.05) is 42.0 Å². The molecule has 0 bridgehead atoms. The number of carbonyl (C=O) groups is 2. The minimum Gasteiger partial charge on any atom is -0.281 e. The summed E-state index contributed by atoms with van der Waals surface area (Å²) in [5.41, 5.74) is 2.29. The molecule has 1 heterocycles. The van der Waals surface area contributed by atoms with Gasteiger partial charge in [-0.15, -0.1) is 0 Å². The van der Waals surface area contributed by atoms with Crippen LogP contribution in [0, 0.1) is 6.92 Å². The molecule has 0 unspecified atom stereocenters. The van der Waals surface area contributed by atoms with Crippen molar-refractivity contribution in [3.63, 3.8) is 0 Å². The van der Waals surface area contributed by atoms with E-state index in [1.165, 1.54) is 12.1 Å². The molecule has 0 radical (unpaired) electrons. The van der Waals surface area contributed by atoms with Crippen LogP contribution in [0.4, 0.5) is 0 Å². The van der Waals surface area contributed by atoms with Crippen molar-refractivity contribution in [3.05, 3.63) is 83.9 Å². The van der Waals surface area contributed by atoms with Crippen molar-refractivity contribution in [1.82, 2.24) is 4.31 Å². The van der Waals surface area contributed by atoms with E-state index < -0.39 is 30.2 Å². The molecule has 1 amide bonds. The molecule has 0 spiro atoms. The number of sulfonamides is 1. The Labute approximate surface area is 242 Å². The van der Waals surface area contributed by atoms with E-state index in [9.17, 15) is 26.4 Å². The zero-order chi connectivity index (χ0) is 29.1. The highest BCUT2D eigenvalue weighted by Gasteiger charge is 2.34. The SMILES string of the molecule is Cc1ccc(S(=O)(=O)N(CCCC(=O)Cl)C(=O)c2c3ccccc3[n+](CCCS(=O)(=O)Cl)c3ccccc23)cc1. The largest absolute Gasteiger partial charge is 0.281 e. The van der Waals surface area contributed by atoms with E-state index in [1.54, 1.807) is 60.7 Å². The quantitative estimate of drug-likeness (QED) is 0.133. The Balaban J connectivity index is 1.91. The number of halogens is 2. The molecule has 210 valence electrons. The summed E-state index contributed by atoms with van der Waals surface area (Å²) in [5.74, 6) is -0.974. The van der Waals surface area contributed by atoms with E-state index in [0.29, 0.717) is 28.4 Å². The third-order valence-electron chi connectivity index (χ3n) is 6.48. The predicted molar refractivity (Wildman–Crippen MR) is 155 cm³/mol. The number of nitrogens with zero attached hydrogens (tertiary/aromatic N) is 2. The Morgan fingerprint density at radius 1 is 0.825 bits per heavy atom. The molecule has 4 aromatic rings. The molecule has 0 fully saturated rings. The van der Waals surface area contributed by atoms with Crippen molar-refractivity contribution in [3.8, 4) is 0 Å². The van der Waals surface area contributed by atoms with Crippen LogP contribution in [0.3, 0.4) is 0 Å². The maximum absolute atomic E-state index is 14.3. The monoisotopic (exact) mass is 621 g/mol. The van der Waals surface area contributed by atoms with E-state index in [-0.39, 0.29) is 42.0 Å². The first-order valence-corrected chi connectivity index (χ1v) is 16.8. The number of benzene rings is 3. The van der Waals surface area contributed by atoms with Crippen LogP contribution in [-0.2, 0) is 30.4 Å². The van der Waals surface area contributed by atoms with Gasteiger partial charge in [0.2, 0.25) is 25.3 Å². The normalized spacial score (nSPS) is 12.1. The highest BCUT2D eigenvalue weighted by molar-refractivity contribution is 8.13. The number of hydrogen-bond donors (Lipinski definition) is 0.